The molecule has 1 nitrogen and oxygen atoms in total. The predicted molar refractivity (Wildman–Crippen MR) is 128 cm³/mol. The van der Waals surface area contributed by atoms with Gasteiger partial charge in [-0.15, -0.1) is 0 Å². The molecule has 0 bridgehead atoms. The molecule has 4 unspecified atom stereocenters. The Balaban J connectivity index is 1.53. The van der Waals surface area contributed by atoms with Crippen LogP contribution in [0.5, 0.6) is 0 Å². The van der Waals surface area contributed by atoms with Crippen LogP contribution >= 0.6 is 0 Å². The summed E-state index contributed by atoms with van der Waals surface area (Å²) in [5.74, 6) is -3.12. The highest BCUT2D eigenvalue weighted by Gasteiger charge is 2.37. The van der Waals surface area contributed by atoms with Gasteiger partial charge in [0.1, 0.15) is 0 Å². The summed E-state index contributed by atoms with van der Waals surface area (Å²) >= 11 is 0. The summed E-state index contributed by atoms with van der Waals surface area (Å²) in [6, 6.07) is 5.79. The minimum Gasteiger partial charge on any atom is -0.378 e. The number of aryl methyl sites for hydroxylation is 1. The number of fused-ring (bicyclic) bond motifs is 1. The molecular weight excluding hydrogens is 440 g/mol. The maximum atomic E-state index is 15.2. The fourth-order valence-electron chi connectivity index (χ4n) is 6.00. The minimum atomic E-state index is -1.13. The molecule has 2 aliphatic rings. The second-order valence-corrected chi connectivity index (χ2v) is 9.76. The zero-order valence-corrected chi connectivity index (χ0v) is 20.1. The van der Waals surface area contributed by atoms with Crippen molar-refractivity contribution in [3.63, 3.8) is 0 Å². The molecule has 0 heterocycles. The van der Waals surface area contributed by atoms with E-state index in [1.165, 1.54) is 18.2 Å². The maximum absolute atomic E-state index is 15.2. The van der Waals surface area contributed by atoms with Crippen LogP contribution in [-0.2, 0) is 11.2 Å². The first-order valence-corrected chi connectivity index (χ1v) is 12.6. The van der Waals surface area contributed by atoms with Gasteiger partial charge in [-0.05, 0) is 94.1 Å². The molecule has 2 aromatic rings. The van der Waals surface area contributed by atoms with Crippen molar-refractivity contribution in [1.82, 2.24) is 0 Å². The maximum Gasteiger partial charge on any atom is 0.167 e. The Bertz CT molecular complexity index is 1030. The van der Waals surface area contributed by atoms with Gasteiger partial charge in [-0.25, -0.2) is 17.6 Å². The molecule has 2 aromatic carbocycles. The van der Waals surface area contributed by atoms with Crippen molar-refractivity contribution >= 4 is 0 Å². The van der Waals surface area contributed by atoms with E-state index in [1.54, 1.807) is 6.07 Å². The van der Waals surface area contributed by atoms with Crippen LogP contribution in [0.15, 0.2) is 36.4 Å². The number of allylic oxidation sites excluding steroid dienone is 2. The zero-order valence-electron chi connectivity index (χ0n) is 20.1. The monoisotopic (exact) mass is 474 g/mol. The molecule has 0 radical (unpaired) electrons. The Labute approximate surface area is 200 Å². The van der Waals surface area contributed by atoms with Crippen LogP contribution in [0, 0.1) is 35.1 Å². The predicted octanol–water partition coefficient (Wildman–Crippen LogP) is 8.51. The van der Waals surface area contributed by atoms with Gasteiger partial charge in [0.2, 0.25) is 0 Å². The van der Waals surface area contributed by atoms with E-state index in [9.17, 15) is 8.78 Å². The van der Waals surface area contributed by atoms with Crippen LogP contribution in [0.3, 0.4) is 0 Å². The highest BCUT2D eigenvalue weighted by atomic mass is 19.2. The van der Waals surface area contributed by atoms with Gasteiger partial charge in [-0.3, -0.25) is 0 Å². The molecule has 0 spiro atoms. The molecule has 0 amide bonds. The number of halogens is 4. The average Bonchev–Trinajstić information content (AvgIpc) is 2.84. The van der Waals surface area contributed by atoms with E-state index >= 15 is 8.78 Å². The van der Waals surface area contributed by atoms with Crippen LogP contribution in [0.4, 0.5) is 17.6 Å². The van der Waals surface area contributed by atoms with Crippen LogP contribution in [-0.4, -0.2) is 12.7 Å². The van der Waals surface area contributed by atoms with Gasteiger partial charge in [0.25, 0.3) is 0 Å². The lowest BCUT2D eigenvalue weighted by atomic mass is 9.65. The number of rotatable bonds is 7. The highest BCUT2D eigenvalue weighted by molar-refractivity contribution is 5.66. The van der Waals surface area contributed by atoms with Crippen LogP contribution < -0.4 is 0 Å². The van der Waals surface area contributed by atoms with E-state index in [0.717, 1.165) is 45.1 Å². The smallest absolute Gasteiger partial charge is 0.167 e. The van der Waals surface area contributed by atoms with E-state index in [1.807, 2.05) is 26.0 Å². The lowest BCUT2D eigenvalue weighted by Crippen LogP contribution is -2.34. The van der Waals surface area contributed by atoms with Crippen molar-refractivity contribution in [2.24, 2.45) is 11.8 Å². The second-order valence-electron chi connectivity index (χ2n) is 9.76. The van der Waals surface area contributed by atoms with Gasteiger partial charge in [0.05, 0.1) is 6.10 Å². The van der Waals surface area contributed by atoms with Crippen molar-refractivity contribution in [3.8, 4) is 11.1 Å². The minimum absolute atomic E-state index is 0.0518. The Morgan fingerprint density at radius 2 is 1.50 bits per heavy atom. The van der Waals surface area contributed by atoms with Crippen LogP contribution in [0.1, 0.15) is 75.8 Å². The van der Waals surface area contributed by atoms with E-state index in [-0.39, 0.29) is 22.6 Å². The van der Waals surface area contributed by atoms with E-state index in [2.05, 4.69) is 0 Å². The Hall–Kier alpha value is -2.14. The summed E-state index contributed by atoms with van der Waals surface area (Å²) in [5.41, 5.74) is 0.111. The van der Waals surface area contributed by atoms with E-state index in [4.69, 9.17) is 4.74 Å². The Morgan fingerprint density at radius 1 is 0.824 bits per heavy atom. The lowest BCUT2D eigenvalue weighted by molar-refractivity contribution is -0.00970. The first kappa shape index (κ1) is 25.0. The lowest BCUT2D eigenvalue weighted by Gasteiger charge is -2.42. The van der Waals surface area contributed by atoms with Crippen molar-refractivity contribution in [3.05, 3.63) is 70.8 Å². The molecule has 0 aliphatic heterocycles. The number of hydrogen-bond acceptors (Lipinski definition) is 1. The van der Waals surface area contributed by atoms with Crippen molar-refractivity contribution in [1.29, 1.82) is 0 Å². The quantitative estimate of drug-likeness (QED) is 0.289. The average molecular weight is 475 g/mol. The molecule has 5 heteroatoms. The zero-order chi connectivity index (χ0) is 24.2. The second kappa shape index (κ2) is 11.1. The third-order valence-corrected chi connectivity index (χ3v) is 7.79. The molecular formula is C29H34F4O. The molecule has 184 valence electrons. The third-order valence-electron chi connectivity index (χ3n) is 7.79. The number of hydrogen-bond donors (Lipinski definition) is 0. The molecule has 34 heavy (non-hydrogen) atoms. The summed E-state index contributed by atoms with van der Waals surface area (Å²) in [6.07, 6.45) is 10.7. The molecule has 2 fully saturated rings. The SMILES string of the molecule is C/C=C/CCc1ccc(-c2ccc(C3CCC4CC(OCC)CCC4C3)c(F)c2F)c(F)c1F. The van der Waals surface area contributed by atoms with Crippen molar-refractivity contribution in [2.45, 2.75) is 77.2 Å². The first-order chi connectivity index (χ1) is 16.4. The van der Waals surface area contributed by atoms with Crippen LogP contribution in [0.2, 0.25) is 0 Å². The van der Waals surface area contributed by atoms with Gasteiger partial charge in [-0.1, -0.05) is 36.4 Å². The first-order valence-electron chi connectivity index (χ1n) is 12.6. The summed E-state index contributed by atoms with van der Waals surface area (Å²) < 4.78 is 65.6. The molecule has 0 saturated heterocycles. The van der Waals surface area contributed by atoms with Crippen molar-refractivity contribution < 1.29 is 22.3 Å². The van der Waals surface area contributed by atoms with Gasteiger partial charge in [0, 0.05) is 17.7 Å². The van der Waals surface area contributed by atoms with E-state index < -0.39 is 23.3 Å². The largest absolute Gasteiger partial charge is 0.378 e. The normalized spacial score (nSPS) is 25.0. The molecule has 0 aromatic heterocycles. The van der Waals surface area contributed by atoms with E-state index in [0.29, 0.717) is 36.3 Å². The molecule has 2 saturated carbocycles. The third kappa shape index (κ3) is 5.10. The standard InChI is InChI=1S/C29H34F4O/c1-3-5-6-7-18-11-13-24(28(32)26(18)30)25-15-14-23(27(31)29(25)33)21-9-8-20-17-22(34-4-2)12-10-19(20)16-21/h3,5,11,13-15,19-22H,4,6-10,12,16-17H2,1-2H3/b5-3+. The molecule has 4 rings (SSSR count). The summed E-state index contributed by atoms with van der Waals surface area (Å²) in [7, 11) is 0. The van der Waals surface area contributed by atoms with Gasteiger partial charge in [-0.2, -0.15) is 0 Å². The summed E-state index contributed by atoms with van der Waals surface area (Å²) in [6.45, 7) is 4.61. The van der Waals surface area contributed by atoms with Crippen LogP contribution in [0.25, 0.3) is 11.1 Å². The Morgan fingerprint density at radius 3 is 2.24 bits per heavy atom. The molecule has 4 atom stereocenters. The number of ether oxygens (including phenoxy) is 1. The molecule has 0 N–H and O–H groups in total. The van der Waals surface area contributed by atoms with Crippen molar-refractivity contribution in [2.75, 3.05) is 6.61 Å². The van der Waals surface area contributed by atoms with Gasteiger partial charge < -0.3 is 4.74 Å². The van der Waals surface area contributed by atoms with Gasteiger partial charge in [0.15, 0.2) is 23.3 Å². The number of benzene rings is 2. The van der Waals surface area contributed by atoms with Gasteiger partial charge >= 0.3 is 0 Å². The summed E-state index contributed by atoms with van der Waals surface area (Å²) in [5, 5.41) is 0. The molecule has 2 aliphatic carbocycles. The summed E-state index contributed by atoms with van der Waals surface area (Å²) in [4.78, 5) is 0. The fourth-order valence-corrected chi connectivity index (χ4v) is 6.00. The fraction of sp³-hybridized carbons (Fsp3) is 0.517. The highest BCUT2D eigenvalue weighted by Crippen LogP contribution is 2.47. The topological polar surface area (TPSA) is 9.23 Å². The Kier molecular flexibility index (Phi) is 8.13.